The van der Waals surface area contributed by atoms with E-state index in [1.54, 1.807) is 54.0 Å². The summed E-state index contributed by atoms with van der Waals surface area (Å²) in [6.07, 6.45) is 4.96. The van der Waals surface area contributed by atoms with Gasteiger partial charge in [0, 0.05) is 21.7 Å². The third-order valence-corrected chi connectivity index (χ3v) is 5.16. The first-order valence-electron chi connectivity index (χ1n) is 9.69. The number of terminal acetylenes is 1. The number of nitrogens with one attached hydrogen (secondary N) is 1. The maximum absolute atomic E-state index is 13.3. The van der Waals surface area contributed by atoms with Crippen LogP contribution in [0, 0.1) is 19.3 Å². The second-order valence-electron chi connectivity index (χ2n) is 6.91. The minimum Gasteiger partial charge on any atom is -0.497 e. The molecule has 32 heavy (non-hydrogen) atoms. The number of carbonyl (C=O) groups is 3. The van der Waals surface area contributed by atoms with Gasteiger partial charge >= 0.3 is 5.97 Å². The van der Waals surface area contributed by atoms with Crippen LogP contribution in [0.15, 0.2) is 42.5 Å². The number of hydrogen-bond acceptors (Lipinski definition) is 5. The number of ether oxygens (including phenoxy) is 2. The molecule has 3 rings (SSSR count). The summed E-state index contributed by atoms with van der Waals surface area (Å²) in [5.41, 5.74) is 2.26. The highest BCUT2D eigenvalue weighted by Crippen LogP contribution is 2.31. The third kappa shape index (κ3) is 4.93. The average molecular weight is 453 g/mol. The number of rotatable bonds is 7. The number of amides is 1. The van der Waals surface area contributed by atoms with Gasteiger partial charge in [0.05, 0.1) is 25.6 Å². The highest BCUT2D eigenvalue weighted by molar-refractivity contribution is 6.30. The Hall–Kier alpha value is -3.76. The summed E-state index contributed by atoms with van der Waals surface area (Å²) in [5.74, 6) is 1.49. The van der Waals surface area contributed by atoms with Crippen LogP contribution in [0.5, 0.6) is 5.75 Å². The minimum atomic E-state index is -0.607. The van der Waals surface area contributed by atoms with Crippen molar-refractivity contribution in [3.63, 3.8) is 0 Å². The van der Waals surface area contributed by atoms with E-state index in [1.807, 2.05) is 0 Å². The van der Waals surface area contributed by atoms with Crippen LogP contribution in [-0.2, 0) is 20.7 Å². The molecule has 1 aromatic heterocycles. The van der Waals surface area contributed by atoms with Gasteiger partial charge in [0.2, 0.25) is 0 Å². The highest BCUT2D eigenvalue weighted by atomic mass is 35.5. The molecule has 1 N–H and O–H groups in total. The number of fused-ring (bicyclic) bond motifs is 1. The van der Waals surface area contributed by atoms with Crippen molar-refractivity contribution in [1.82, 2.24) is 9.88 Å². The fourth-order valence-corrected chi connectivity index (χ4v) is 3.46. The van der Waals surface area contributed by atoms with E-state index in [-0.39, 0.29) is 18.9 Å². The monoisotopic (exact) mass is 452 g/mol. The lowest BCUT2D eigenvalue weighted by Crippen LogP contribution is -2.29. The van der Waals surface area contributed by atoms with Gasteiger partial charge in [0.1, 0.15) is 5.75 Å². The van der Waals surface area contributed by atoms with Crippen LogP contribution >= 0.6 is 11.6 Å². The van der Waals surface area contributed by atoms with Gasteiger partial charge in [-0.3, -0.25) is 19.0 Å². The zero-order valence-corrected chi connectivity index (χ0v) is 18.4. The Kier molecular flexibility index (Phi) is 7.18. The largest absolute Gasteiger partial charge is 0.497 e. The molecule has 2 aromatic carbocycles. The number of nitrogens with zero attached hydrogens (tertiary/aromatic N) is 1. The molecule has 0 bridgehead atoms. The first-order valence-corrected chi connectivity index (χ1v) is 10.1. The molecule has 8 heteroatoms. The summed E-state index contributed by atoms with van der Waals surface area (Å²) in [4.78, 5) is 37.3. The van der Waals surface area contributed by atoms with Gasteiger partial charge in [-0.05, 0) is 55.0 Å². The van der Waals surface area contributed by atoms with Gasteiger partial charge in [0.15, 0.2) is 6.61 Å². The Bertz CT molecular complexity index is 1220. The van der Waals surface area contributed by atoms with Gasteiger partial charge in [-0.1, -0.05) is 17.5 Å². The lowest BCUT2D eigenvalue weighted by atomic mass is 10.1. The zero-order chi connectivity index (χ0) is 23.3. The molecule has 3 aromatic rings. The van der Waals surface area contributed by atoms with Gasteiger partial charge < -0.3 is 14.8 Å². The molecule has 0 spiro atoms. The molecule has 7 nitrogen and oxygen atoms in total. The molecule has 0 unspecified atom stereocenters. The predicted octanol–water partition coefficient (Wildman–Crippen LogP) is 3.14. The summed E-state index contributed by atoms with van der Waals surface area (Å²) in [6.45, 7) is 1.36. The third-order valence-electron chi connectivity index (χ3n) is 4.91. The SMILES string of the molecule is C#CCNC(=O)COC(=O)Cc1c(C)n(C(=O)c2ccc(Cl)cc2)c2ccc(OC)cc12. The summed E-state index contributed by atoms with van der Waals surface area (Å²) in [5, 5.41) is 3.62. The topological polar surface area (TPSA) is 86.6 Å². The molecule has 0 atom stereocenters. The van der Waals surface area contributed by atoms with Crippen LogP contribution in [0.1, 0.15) is 21.6 Å². The fourth-order valence-electron chi connectivity index (χ4n) is 3.34. The predicted molar refractivity (Wildman–Crippen MR) is 121 cm³/mol. The van der Waals surface area contributed by atoms with E-state index in [0.29, 0.717) is 38.5 Å². The average Bonchev–Trinajstić information content (AvgIpc) is 3.06. The summed E-state index contributed by atoms with van der Waals surface area (Å²) in [7, 11) is 1.53. The van der Waals surface area contributed by atoms with Crippen molar-refractivity contribution in [2.24, 2.45) is 0 Å². The van der Waals surface area contributed by atoms with E-state index in [4.69, 9.17) is 27.5 Å². The Morgan fingerprint density at radius 1 is 1.16 bits per heavy atom. The van der Waals surface area contributed by atoms with Crippen LogP contribution < -0.4 is 10.1 Å². The van der Waals surface area contributed by atoms with E-state index in [0.717, 1.165) is 0 Å². The maximum atomic E-state index is 13.3. The van der Waals surface area contributed by atoms with Crippen LogP contribution in [-0.4, -0.2) is 42.6 Å². The molecular formula is C24H21ClN2O5. The summed E-state index contributed by atoms with van der Waals surface area (Å²) < 4.78 is 11.9. The van der Waals surface area contributed by atoms with Gasteiger partial charge in [0.25, 0.3) is 11.8 Å². The van der Waals surface area contributed by atoms with Crippen molar-refractivity contribution in [3.05, 3.63) is 64.3 Å². The number of esters is 1. The van der Waals surface area contributed by atoms with E-state index < -0.39 is 18.5 Å². The number of benzene rings is 2. The van der Waals surface area contributed by atoms with Crippen molar-refractivity contribution in [2.75, 3.05) is 20.3 Å². The van der Waals surface area contributed by atoms with Crippen molar-refractivity contribution in [1.29, 1.82) is 0 Å². The number of methoxy groups -OCH3 is 1. The quantitative estimate of drug-likeness (QED) is 0.439. The zero-order valence-electron chi connectivity index (χ0n) is 17.6. The first-order chi connectivity index (χ1) is 15.3. The van der Waals surface area contributed by atoms with Crippen LogP contribution in [0.2, 0.25) is 5.02 Å². The van der Waals surface area contributed by atoms with Crippen molar-refractivity contribution >= 4 is 40.3 Å². The molecule has 0 saturated heterocycles. The number of aromatic nitrogens is 1. The van der Waals surface area contributed by atoms with Gasteiger partial charge in [-0.2, -0.15) is 0 Å². The van der Waals surface area contributed by atoms with Crippen molar-refractivity contribution in [2.45, 2.75) is 13.3 Å². The Balaban J connectivity index is 1.95. The molecule has 1 heterocycles. The van der Waals surface area contributed by atoms with E-state index in [1.165, 1.54) is 7.11 Å². The van der Waals surface area contributed by atoms with Crippen LogP contribution in [0.4, 0.5) is 0 Å². The fraction of sp³-hybridized carbons (Fsp3) is 0.208. The standard InChI is InChI=1S/C24H21ClN2O5/c1-4-11-26-22(28)14-32-23(29)13-19-15(2)27(21-10-9-18(31-3)12-20(19)21)24(30)16-5-7-17(25)8-6-16/h1,5-10,12H,11,13-14H2,2-3H3,(H,26,28). The Morgan fingerprint density at radius 3 is 2.53 bits per heavy atom. The van der Waals surface area contributed by atoms with E-state index in [9.17, 15) is 14.4 Å². The highest BCUT2D eigenvalue weighted by Gasteiger charge is 2.22. The second kappa shape index (κ2) is 10.0. The number of carbonyl (C=O) groups excluding carboxylic acids is 3. The summed E-state index contributed by atoms with van der Waals surface area (Å²) >= 11 is 5.94. The molecule has 0 aliphatic rings. The number of hydrogen-bond donors (Lipinski definition) is 1. The molecule has 0 saturated carbocycles. The molecule has 0 radical (unpaired) electrons. The Labute approximate surface area is 190 Å². The van der Waals surface area contributed by atoms with Crippen LogP contribution in [0.3, 0.4) is 0 Å². The van der Waals surface area contributed by atoms with E-state index in [2.05, 4.69) is 11.2 Å². The minimum absolute atomic E-state index is 0.0512. The smallest absolute Gasteiger partial charge is 0.310 e. The van der Waals surface area contributed by atoms with Gasteiger partial charge in [-0.15, -0.1) is 6.42 Å². The normalized spacial score (nSPS) is 10.4. The lowest BCUT2D eigenvalue weighted by Gasteiger charge is -2.08. The van der Waals surface area contributed by atoms with Crippen LogP contribution in [0.25, 0.3) is 10.9 Å². The lowest BCUT2D eigenvalue weighted by molar-refractivity contribution is -0.147. The Morgan fingerprint density at radius 2 is 1.88 bits per heavy atom. The first kappa shape index (κ1) is 22.9. The molecule has 0 aliphatic carbocycles. The number of halogens is 1. The molecule has 1 amide bonds. The molecular weight excluding hydrogens is 432 g/mol. The summed E-state index contributed by atoms with van der Waals surface area (Å²) in [6, 6.07) is 11.8. The van der Waals surface area contributed by atoms with E-state index >= 15 is 0 Å². The molecule has 0 fully saturated rings. The maximum Gasteiger partial charge on any atom is 0.310 e. The van der Waals surface area contributed by atoms with Crippen molar-refractivity contribution < 1.29 is 23.9 Å². The van der Waals surface area contributed by atoms with Gasteiger partial charge in [-0.25, -0.2) is 0 Å². The molecule has 0 aliphatic heterocycles. The second-order valence-corrected chi connectivity index (χ2v) is 7.35. The molecule has 164 valence electrons. The van der Waals surface area contributed by atoms with Crippen molar-refractivity contribution in [3.8, 4) is 18.1 Å².